The molecule has 0 amide bonds. The summed E-state index contributed by atoms with van der Waals surface area (Å²) in [7, 11) is 1.28. The van der Waals surface area contributed by atoms with E-state index in [1.54, 1.807) is 0 Å². The largest absolute Gasteiger partial charge is 0.465 e. The van der Waals surface area contributed by atoms with Crippen LogP contribution in [0, 0.1) is 20.8 Å². The SMILES string of the molecule is COC(=O)c1ccc(C(=O)OCC(=O)c2cc(C)c(C)cc2C)cc1. The van der Waals surface area contributed by atoms with Crippen LogP contribution in [0.15, 0.2) is 36.4 Å². The summed E-state index contributed by atoms with van der Waals surface area (Å²) in [4.78, 5) is 35.7. The second-order valence-corrected chi connectivity index (χ2v) is 5.82. The maximum atomic E-state index is 12.3. The zero-order valence-electron chi connectivity index (χ0n) is 14.7. The zero-order chi connectivity index (χ0) is 18.6. The molecule has 0 heterocycles. The van der Waals surface area contributed by atoms with Gasteiger partial charge in [0.05, 0.1) is 18.2 Å². The smallest absolute Gasteiger partial charge is 0.338 e. The molecule has 0 aliphatic heterocycles. The van der Waals surface area contributed by atoms with E-state index in [1.807, 2.05) is 32.9 Å². The first-order valence-electron chi connectivity index (χ1n) is 7.80. The number of methoxy groups -OCH3 is 1. The molecule has 0 fully saturated rings. The molecule has 0 radical (unpaired) electrons. The van der Waals surface area contributed by atoms with E-state index in [0.29, 0.717) is 11.1 Å². The Morgan fingerprint density at radius 3 is 1.88 bits per heavy atom. The predicted octanol–water partition coefficient (Wildman–Crippen LogP) is 3.44. The minimum atomic E-state index is -0.619. The average Bonchev–Trinajstić information content (AvgIpc) is 2.61. The van der Waals surface area contributed by atoms with Crippen LogP contribution < -0.4 is 0 Å². The molecule has 0 spiro atoms. The highest BCUT2D eigenvalue weighted by atomic mass is 16.5. The maximum absolute atomic E-state index is 12.3. The fraction of sp³-hybridized carbons (Fsp3) is 0.250. The van der Waals surface area contributed by atoms with Gasteiger partial charge >= 0.3 is 11.9 Å². The van der Waals surface area contributed by atoms with Crippen molar-refractivity contribution in [3.63, 3.8) is 0 Å². The molecule has 0 bridgehead atoms. The molecule has 0 saturated carbocycles. The van der Waals surface area contributed by atoms with Crippen LogP contribution in [0.4, 0.5) is 0 Å². The highest BCUT2D eigenvalue weighted by Crippen LogP contribution is 2.16. The Labute approximate surface area is 146 Å². The van der Waals surface area contributed by atoms with E-state index in [-0.39, 0.29) is 18.0 Å². The molecule has 2 rings (SSSR count). The fourth-order valence-corrected chi connectivity index (χ4v) is 2.41. The van der Waals surface area contributed by atoms with Gasteiger partial charge in [-0.05, 0) is 67.8 Å². The third-order valence-corrected chi connectivity index (χ3v) is 4.02. The molecule has 0 aromatic heterocycles. The van der Waals surface area contributed by atoms with E-state index >= 15 is 0 Å². The number of hydrogen-bond acceptors (Lipinski definition) is 5. The molecule has 5 heteroatoms. The molecule has 0 unspecified atom stereocenters. The molecular weight excluding hydrogens is 320 g/mol. The van der Waals surface area contributed by atoms with Crippen molar-refractivity contribution in [3.8, 4) is 0 Å². The number of benzene rings is 2. The molecule has 5 nitrogen and oxygen atoms in total. The Morgan fingerprint density at radius 1 is 0.800 bits per heavy atom. The Kier molecular flexibility index (Phi) is 5.70. The summed E-state index contributed by atoms with van der Waals surface area (Å²) < 4.78 is 9.69. The summed E-state index contributed by atoms with van der Waals surface area (Å²) in [6, 6.07) is 9.61. The summed E-state index contributed by atoms with van der Waals surface area (Å²) in [6.07, 6.45) is 0. The molecule has 2 aromatic carbocycles. The van der Waals surface area contributed by atoms with Gasteiger partial charge in [-0.2, -0.15) is 0 Å². The van der Waals surface area contributed by atoms with E-state index < -0.39 is 11.9 Å². The Balaban J connectivity index is 2.03. The van der Waals surface area contributed by atoms with Crippen LogP contribution in [0.3, 0.4) is 0 Å². The molecule has 130 valence electrons. The number of rotatable bonds is 5. The lowest BCUT2D eigenvalue weighted by molar-refractivity contribution is 0.0474. The number of ether oxygens (including phenoxy) is 2. The lowest BCUT2D eigenvalue weighted by Crippen LogP contribution is -2.15. The van der Waals surface area contributed by atoms with Gasteiger partial charge in [-0.25, -0.2) is 9.59 Å². The molecule has 0 atom stereocenters. The van der Waals surface area contributed by atoms with Gasteiger partial charge < -0.3 is 9.47 Å². The van der Waals surface area contributed by atoms with Crippen molar-refractivity contribution < 1.29 is 23.9 Å². The quantitative estimate of drug-likeness (QED) is 0.616. The van der Waals surface area contributed by atoms with Gasteiger partial charge in [0, 0.05) is 5.56 Å². The van der Waals surface area contributed by atoms with Gasteiger partial charge in [0.25, 0.3) is 0 Å². The molecule has 0 aliphatic carbocycles. The number of carbonyl (C=O) groups excluding carboxylic acids is 3. The van der Waals surface area contributed by atoms with Crippen LogP contribution in [0.25, 0.3) is 0 Å². The summed E-state index contributed by atoms with van der Waals surface area (Å²) >= 11 is 0. The lowest BCUT2D eigenvalue weighted by Gasteiger charge is -2.10. The molecule has 0 N–H and O–H groups in total. The second kappa shape index (κ2) is 7.75. The second-order valence-electron chi connectivity index (χ2n) is 5.82. The Morgan fingerprint density at radius 2 is 1.32 bits per heavy atom. The van der Waals surface area contributed by atoms with Crippen LogP contribution in [-0.2, 0) is 9.47 Å². The van der Waals surface area contributed by atoms with Crippen molar-refractivity contribution in [2.45, 2.75) is 20.8 Å². The first kappa shape index (κ1) is 18.4. The number of esters is 2. The molecule has 2 aromatic rings. The maximum Gasteiger partial charge on any atom is 0.338 e. The standard InChI is InChI=1S/C20H20O5/c1-12-9-14(3)17(10-13(12)2)18(21)11-25-20(23)16-7-5-15(6-8-16)19(22)24-4/h5-10H,11H2,1-4H3. The van der Waals surface area contributed by atoms with Gasteiger partial charge in [0.2, 0.25) is 5.78 Å². The topological polar surface area (TPSA) is 69.7 Å². The molecular formula is C20H20O5. The van der Waals surface area contributed by atoms with E-state index in [2.05, 4.69) is 4.74 Å². The summed E-state index contributed by atoms with van der Waals surface area (Å²) in [5.74, 6) is -1.35. The minimum Gasteiger partial charge on any atom is -0.465 e. The van der Waals surface area contributed by atoms with Gasteiger partial charge in [0.1, 0.15) is 0 Å². The average molecular weight is 340 g/mol. The van der Waals surface area contributed by atoms with Crippen LogP contribution in [0.1, 0.15) is 47.8 Å². The number of Topliss-reactive ketones (excluding diaryl/α,β-unsaturated/α-hetero) is 1. The summed E-state index contributed by atoms with van der Waals surface area (Å²) in [6.45, 7) is 5.43. The van der Waals surface area contributed by atoms with Gasteiger partial charge in [-0.15, -0.1) is 0 Å². The lowest BCUT2D eigenvalue weighted by atomic mass is 9.98. The monoisotopic (exact) mass is 340 g/mol. The van der Waals surface area contributed by atoms with Crippen LogP contribution in [-0.4, -0.2) is 31.4 Å². The van der Waals surface area contributed by atoms with Gasteiger partial charge in [-0.1, -0.05) is 6.07 Å². The minimum absolute atomic E-state index is 0.250. The van der Waals surface area contributed by atoms with Crippen molar-refractivity contribution in [2.24, 2.45) is 0 Å². The molecule has 0 saturated heterocycles. The van der Waals surface area contributed by atoms with Gasteiger partial charge in [-0.3, -0.25) is 4.79 Å². The number of hydrogen-bond donors (Lipinski definition) is 0. The number of carbonyl (C=O) groups is 3. The molecule has 25 heavy (non-hydrogen) atoms. The van der Waals surface area contributed by atoms with Crippen LogP contribution in [0.2, 0.25) is 0 Å². The predicted molar refractivity (Wildman–Crippen MR) is 93.0 cm³/mol. The number of ketones is 1. The van der Waals surface area contributed by atoms with Crippen LogP contribution >= 0.6 is 0 Å². The van der Waals surface area contributed by atoms with E-state index in [0.717, 1.165) is 16.7 Å². The fourth-order valence-electron chi connectivity index (χ4n) is 2.41. The van der Waals surface area contributed by atoms with Crippen molar-refractivity contribution in [1.29, 1.82) is 0 Å². The third-order valence-electron chi connectivity index (χ3n) is 4.02. The highest BCUT2D eigenvalue weighted by Gasteiger charge is 2.15. The summed E-state index contributed by atoms with van der Waals surface area (Å²) in [5.41, 5.74) is 4.12. The third kappa shape index (κ3) is 4.32. The summed E-state index contributed by atoms with van der Waals surface area (Å²) in [5, 5.41) is 0. The van der Waals surface area contributed by atoms with E-state index in [9.17, 15) is 14.4 Å². The first-order valence-corrected chi connectivity index (χ1v) is 7.80. The normalized spacial score (nSPS) is 10.2. The van der Waals surface area contributed by atoms with E-state index in [4.69, 9.17) is 4.74 Å². The van der Waals surface area contributed by atoms with Crippen molar-refractivity contribution in [2.75, 3.05) is 13.7 Å². The van der Waals surface area contributed by atoms with Crippen molar-refractivity contribution in [3.05, 3.63) is 69.8 Å². The van der Waals surface area contributed by atoms with Crippen LogP contribution in [0.5, 0.6) is 0 Å². The van der Waals surface area contributed by atoms with Gasteiger partial charge in [0.15, 0.2) is 6.61 Å². The van der Waals surface area contributed by atoms with Crippen molar-refractivity contribution >= 4 is 17.7 Å². The Bertz CT molecular complexity index is 819. The highest BCUT2D eigenvalue weighted by molar-refractivity contribution is 6.00. The zero-order valence-corrected chi connectivity index (χ0v) is 14.7. The Hall–Kier alpha value is -2.95. The molecule has 0 aliphatic rings. The first-order chi connectivity index (χ1) is 11.8. The number of aryl methyl sites for hydroxylation is 3. The van der Waals surface area contributed by atoms with Crippen molar-refractivity contribution in [1.82, 2.24) is 0 Å². The van der Waals surface area contributed by atoms with E-state index in [1.165, 1.54) is 31.4 Å².